The number of hydrogen-bond donors (Lipinski definition) is 0. The summed E-state index contributed by atoms with van der Waals surface area (Å²) in [4.78, 5) is 8.91. The van der Waals surface area contributed by atoms with E-state index >= 15 is 4.39 Å². The molecule has 4 rings (SSSR count). The topological polar surface area (TPSA) is 35.0 Å². The Hall–Kier alpha value is -3.55. The summed E-state index contributed by atoms with van der Waals surface area (Å²) < 4.78 is 71.6. The van der Waals surface area contributed by atoms with Gasteiger partial charge in [0.05, 0.1) is 0 Å². The Morgan fingerprint density at radius 2 is 1.53 bits per heavy atom. The molecule has 188 valence electrons. The van der Waals surface area contributed by atoms with Crippen LogP contribution in [0.1, 0.15) is 42.9 Å². The van der Waals surface area contributed by atoms with E-state index in [0.29, 0.717) is 22.2 Å². The van der Waals surface area contributed by atoms with Crippen molar-refractivity contribution in [2.75, 3.05) is 0 Å². The van der Waals surface area contributed by atoms with Gasteiger partial charge in [0.15, 0.2) is 23.2 Å². The van der Waals surface area contributed by atoms with Gasteiger partial charge in [0.1, 0.15) is 5.82 Å². The molecule has 0 saturated heterocycles. The number of alkyl halides is 2. The molecule has 0 N–H and O–H groups in total. The fraction of sp³-hybridized carbons (Fsp3) is 0.286. The zero-order valence-corrected chi connectivity index (χ0v) is 19.7. The smallest absolute Gasteiger partial charge is 0.387 e. The average molecular weight is 501 g/mol. The van der Waals surface area contributed by atoms with Crippen LogP contribution in [0.4, 0.5) is 22.0 Å². The van der Waals surface area contributed by atoms with Crippen LogP contribution in [0.2, 0.25) is 0 Å². The molecule has 3 aromatic carbocycles. The predicted octanol–water partition coefficient (Wildman–Crippen LogP) is 7.83. The first kappa shape index (κ1) is 25.5. The van der Waals surface area contributed by atoms with Crippen molar-refractivity contribution in [2.45, 2.75) is 52.1 Å². The minimum Gasteiger partial charge on any atom is -0.429 e. The van der Waals surface area contributed by atoms with Crippen LogP contribution < -0.4 is 4.74 Å². The van der Waals surface area contributed by atoms with Crippen molar-refractivity contribution in [3.05, 3.63) is 89.0 Å². The number of ether oxygens (including phenoxy) is 1. The largest absolute Gasteiger partial charge is 0.429 e. The van der Waals surface area contributed by atoms with E-state index in [9.17, 15) is 17.6 Å². The number of nitrogens with zero attached hydrogens (tertiary/aromatic N) is 2. The van der Waals surface area contributed by atoms with Crippen LogP contribution in [-0.4, -0.2) is 16.6 Å². The third-order valence-electron chi connectivity index (χ3n) is 6.01. The summed E-state index contributed by atoms with van der Waals surface area (Å²) in [5.41, 5.74) is 2.43. The SMILES string of the molecule is CCCCCc1cnc(-c2ccc3c(F)c(CCc4cc(F)c(OC(F)F)c(F)c4)ccc3c2)nc1. The molecule has 1 aromatic heterocycles. The number of fused-ring (bicyclic) bond motifs is 1. The summed E-state index contributed by atoms with van der Waals surface area (Å²) in [6.07, 6.45) is 8.27. The van der Waals surface area contributed by atoms with Gasteiger partial charge in [-0.2, -0.15) is 8.78 Å². The molecule has 0 atom stereocenters. The third kappa shape index (κ3) is 5.98. The number of hydrogen-bond acceptors (Lipinski definition) is 3. The van der Waals surface area contributed by atoms with Crippen LogP contribution in [0.5, 0.6) is 5.75 Å². The molecule has 0 aliphatic rings. The van der Waals surface area contributed by atoms with Crippen LogP contribution in [0.3, 0.4) is 0 Å². The molecule has 0 aliphatic carbocycles. The predicted molar refractivity (Wildman–Crippen MR) is 129 cm³/mol. The molecule has 0 fully saturated rings. The Balaban J connectivity index is 1.49. The highest BCUT2D eigenvalue weighted by Gasteiger charge is 2.17. The van der Waals surface area contributed by atoms with Crippen molar-refractivity contribution >= 4 is 10.8 Å². The van der Waals surface area contributed by atoms with Crippen LogP contribution in [0.25, 0.3) is 22.2 Å². The summed E-state index contributed by atoms with van der Waals surface area (Å²) >= 11 is 0. The highest BCUT2D eigenvalue weighted by Crippen LogP contribution is 2.28. The lowest BCUT2D eigenvalue weighted by Crippen LogP contribution is -2.06. The van der Waals surface area contributed by atoms with E-state index in [0.717, 1.165) is 48.9 Å². The molecule has 0 bridgehead atoms. The Labute approximate surface area is 206 Å². The number of halogens is 5. The molecule has 0 spiro atoms. The van der Waals surface area contributed by atoms with Gasteiger partial charge in [-0.1, -0.05) is 44.0 Å². The standard InChI is InChI=1S/C28H25F5N2O/c1-2-3-4-5-18-15-34-27(35-16-18)21-10-11-22-20(14-21)9-8-19(25(22)31)7-6-17-12-23(29)26(24(30)13-17)36-28(32)33/h8-16,28H,2-7H2,1H3. The maximum absolute atomic E-state index is 15.2. The molecular formula is C28H25F5N2O. The lowest BCUT2D eigenvalue weighted by atomic mass is 9.98. The van der Waals surface area contributed by atoms with Crippen molar-refractivity contribution in [3.63, 3.8) is 0 Å². The molecule has 4 aromatic rings. The van der Waals surface area contributed by atoms with E-state index in [4.69, 9.17) is 0 Å². The summed E-state index contributed by atoms with van der Waals surface area (Å²) in [6, 6.07) is 10.5. The molecule has 1 heterocycles. The van der Waals surface area contributed by atoms with Crippen LogP contribution in [-0.2, 0) is 19.3 Å². The second kappa shape index (κ2) is 11.5. The monoisotopic (exact) mass is 500 g/mol. The Morgan fingerprint density at radius 1 is 0.806 bits per heavy atom. The van der Waals surface area contributed by atoms with Gasteiger partial charge in [-0.25, -0.2) is 23.1 Å². The molecule has 0 radical (unpaired) electrons. The first-order valence-corrected chi connectivity index (χ1v) is 11.8. The normalized spacial score (nSPS) is 11.4. The highest BCUT2D eigenvalue weighted by molar-refractivity contribution is 5.87. The van der Waals surface area contributed by atoms with Crippen molar-refractivity contribution < 1.29 is 26.7 Å². The molecule has 36 heavy (non-hydrogen) atoms. The fourth-order valence-corrected chi connectivity index (χ4v) is 4.12. The van der Waals surface area contributed by atoms with Crippen molar-refractivity contribution in [1.29, 1.82) is 0 Å². The van der Waals surface area contributed by atoms with Gasteiger partial charge < -0.3 is 4.74 Å². The maximum atomic E-state index is 15.2. The number of benzene rings is 3. The lowest BCUT2D eigenvalue weighted by molar-refractivity contribution is -0.0546. The van der Waals surface area contributed by atoms with Crippen molar-refractivity contribution in [3.8, 4) is 17.1 Å². The van der Waals surface area contributed by atoms with Crippen LogP contribution in [0.15, 0.2) is 54.9 Å². The summed E-state index contributed by atoms with van der Waals surface area (Å²) in [7, 11) is 0. The van der Waals surface area contributed by atoms with E-state index < -0.39 is 29.8 Å². The van der Waals surface area contributed by atoms with Gasteiger partial charge >= 0.3 is 6.61 Å². The minimum atomic E-state index is -3.34. The maximum Gasteiger partial charge on any atom is 0.387 e. The first-order chi connectivity index (χ1) is 17.4. The van der Waals surface area contributed by atoms with Gasteiger partial charge in [0, 0.05) is 23.3 Å². The van der Waals surface area contributed by atoms with E-state index in [-0.39, 0.29) is 18.4 Å². The quantitative estimate of drug-likeness (QED) is 0.164. The van der Waals surface area contributed by atoms with Gasteiger partial charge in [-0.05, 0) is 66.0 Å². The zero-order valence-electron chi connectivity index (χ0n) is 19.7. The zero-order chi connectivity index (χ0) is 25.7. The Bertz CT molecular complexity index is 1320. The molecular weight excluding hydrogens is 475 g/mol. The van der Waals surface area contributed by atoms with Gasteiger partial charge in [-0.3, -0.25) is 0 Å². The van der Waals surface area contributed by atoms with E-state index in [1.54, 1.807) is 24.3 Å². The molecule has 0 unspecified atom stereocenters. The molecule has 8 heteroatoms. The summed E-state index contributed by atoms with van der Waals surface area (Å²) in [5, 5.41) is 1.08. The average Bonchev–Trinajstić information content (AvgIpc) is 2.86. The molecule has 0 aliphatic heterocycles. The molecule has 0 amide bonds. The minimum absolute atomic E-state index is 0.113. The third-order valence-corrected chi connectivity index (χ3v) is 6.01. The van der Waals surface area contributed by atoms with Crippen LogP contribution >= 0.6 is 0 Å². The van der Waals surface area contributed by atoms with E-state index in [1.165, 1.54) is 0 Å². The van der Waals surface area contributed by atoms with Crippen LogP contribution in [0, 0.1) is 17.5 Å². The Kier molecular flexibility index (Phi) is 8.13. The van der Waals surface area contributed by atoms with Crippen molar-refractivity contribution in [1.82, 2.24) is 9.97 Å². The highest BCUT2D eigenvalue weighted by atomic mass is 19.3. The van der Waals surface area contributed by atoms with Gasteiger partial charge in [0.2, 0.25) is 0 Å². The van der Waals surface area contributed by atoms with E-state index in [1.807, 2.05) is 18.5 Å². The van der Waals surface area contributed by atoms with Gasteiger partial charge in [0.25, 0.3) is 0 Å². The van der Waals surface area contributed by atoms with E-state index in [2.05, 4.69) is 21.6 Å². The number of aryl methyl sites for hydroxylation is 3. The molecule has 3 nitrogen and oxygen atoms in total. The fourth-order valence-electron chi connectivity index (χ4n) is 4.12. The lowest BCUT2D eigenvalue weighted by Gasteiger charge is -2.11. The van der Waals surface area contributed by atoms with Gasteiger partial charge in [-0.15, -0.1) is 0 Å². The first-order valence-electron chi connectivity index (χ1n) is 11.8. The summed E-state index contributed by atoms with van der Waals surface area (Å²) in [6.45, 7) is -1.18. The van der Waals surface area contributed by atoms with Crippen molar-refractivity contribution in [2.24, 2.45) is 0 Å². The second-order valence-electron chi connectivity index (χ2n) is 8.61. The number of aromatic nitrogens is 2. The number of unbranched alkanes of at least 4 members (excludes halogenated alkanes) is 2. The Morgan fingerprint density at radius 3 is 2.19 bits per heavy atom. The molecule has 0 saturated carbocycles. The number of rotatable bonds is 10. The summed E-state index contributed by atoms with van der Waals surface area (Å²) in [5.74, 6) is -3.45. The second-order valence-corrected chi connectivity index (χ2v) is 8.61.